The second-order valence-corrected chi connectivity index (χ2v) is 3.82. The quantitative estimate of drug-likeness (QED) is 0.655. The molecule has 0 aliphatic heterocycles. The lowest BCUT2D eigenvalue weighted by Gasteiger charge is -2.20. The lowest BCUT2D eigenvalue weighted by molar-refractivity contribution is 0.0742. The summed E-state index contributed by atoms with van der Waals surface area (Å²) in [5.74, 6) is 0. The molecule has 0 heterocycles. The van der Waals surface area contributed by atoms with Gasteiger partial charge in [-0.25, -0.2) is 4.79 Å². The maximum Gasteiger partial charge on any atom is 0.407 e. The van der Waals surface area contributed by atoms with Crippen molar-refractivity contribution in [1.82, 2.24) is 5.32 Å². The van der Waals surface area contributed by atoms with Crippen molar-refractivity contribution >= 4 is 6.09 Å². The van der Waals surface area contributed by atoms with Crippen molar-refractivity contribution in [3.63, 3.8) is 0 Å². The van der Waals surface area contributed by atoms with Gasteiger partial charge in [-0.05, 0) is 27.7 Å². The largest absolute Gasteiger partial charge is 0.447 e. The van der Waals surface area contributed by atoms with Gasteiger partial charge < -0.3 is 15.2 Å². The minimum Gasteiger partial charge on any atom is -0.447 e. The van der Waals surface area contributed by atoms with E-state index in [-0.39, 0.29) is 12.1 Å². The van der Waals surface area contributed by atoms with E-state index in [0.29, 0.717) is 0 Å². The highest BCUT2D eigenvalue weighted by atomic mass is 16.6. The first-order valence-electron chi connectivity index (χ1n) is 3.94. The normalized spacial score (nSPS) is 13.8. The predicted octanol–water partition coefficient (Wildman–Crippen LogP) is 0.892. The Balaban J connectivity index is 3.61. The molecule has 0 unspecified atom stereocenters. The number of carbonyl (C=O) groups excluding carboxylic acids is 1. The maximum atomic E-state index is 10.9. The fourth-order valence-corrected chi connectivity index (χ4v) is 0.539. The van der Waals surface area contributed by atoms with E-state index in [9.17, 15) is 4.79 Å². The molecule has 0 aromatic rings. The van der Waals surface area contributed by atoms with Gasteiger partial charge in [0.2, 0.25) is 0 Å². The zero-order chi connectivity index (χ0) is 9.78. The van der Waals surface area contributed by atoms with Crippen LogP contribution in [0.2, 0.25) is 0 Å². The van der Waals surface area contributed by atoms with E-state index >= 15 is 0 Å². The van der Waals surface area contributed by atoms with Crippen molar-refractivity contribution in [2.45, 2.75) is 39.3 Å². The van der Waals surface area contributed by atoms with Gasteiger partial charge in [-0.3, -0.25) is 0 Å². The minimum atomic E-state index is -0.615. The number of alkyl carbamates (subject to hydrolysis) is 1. The van der Waals surface area contributed by atoms with E-state index in [4.69, 9.17) is 5.11 Å². The van der Waals surface area contributed by atoms with E-state index in [1.807, 2.05) is 20.8 Å². The SMILES string of the molecule is C[C@H](O)COC(=O)NC(C)(C)C. The summed E-state index contributed by atoms with van der Waals surface area (Å²) < 4.78 is 4.68. The summed E-state index contributed by atoms with van der Waals surface area (Å²) in [5.41, 5.74) is -0.296. The molecule has 12 heavy (non-hydrogen) atoms. The highest BCUT2D eigenvalue weighted by Gasteiger charge is 2.14. The fraction of sp³-hybridized carbons (Fsp3) is 0.875. The van der Waals surface area contributed by atoms with Gasteiger partial charge in [-0.15, -0.1) is 0 Å². The summed E-state index contributed by atoms with van der Waals surface area (Å²) in [5, 5.41) is 11.4. The van der Waals surface area contributed by atoms with Gasteiger partial charge in [0.25, 0.3) is 0 Å². The number of nitrogens with one attached hydrogen (secondary N) is 1. The molecule has 72 valence electrons. The number of hydrogen-bond acceptors (Lipinski definition) is 3. The predicted molar refractivity (Wildman–Crippen MR) is 45.9 cm³/mol. The van der Waals surface area contributed by atoms with Crippen molar-refractivity contribution in [3.8, 4) is 0 Å². The van der Waals surface area contributed by atoms with Crippen LogP contribution in [0.5, 0.6) is 0 Å². The number of rotatable bonds is 2. The van der Waals surface area contributed by atoms with Gasteiger partial charge in [0, 0.05) is 5.54 Å². The van der Waals surface area contributed by atoms with Crippen molar-refractivity contribution in [1.29, 1.82) is 0 Å². The Morgan fingerprint density at radius 2 is 2.08 bits per heavy atom. The van der Waals surface area contributed by atoms with E-state index in [2.05, 4.69) is 10.1 Å². The van der Waals surface area contributed by atoms with Gasteiger partial charge in [0.15, 0.2) is 0 Å². The highest BCUT2D eigenvalue weighted by molar-refractivity contribution is 5.68. The van der Waals surface area contributed by atoms with Gasteiger partial charge in [0.1, 0.15) is 6.61 Å². The Kier molecular flexibility index (Phi) is 4.03. The van der Waals surface area contributed by atoms with Crippen molar-refractivity contribution in [2.75, 3.05) is 6.61 Å². The van der Waals surface area contributed by atoms with Gasteiger partial charge in [-0.2, -0.15) is 0 Å². The molecule has 0 radical (unpaired) electrons. The second-order valence-electron chi connectivity index (χ2n) is 3.82. The Morgan fingerprint density at radius 3 is 2.42 bits per heavy atom. The molecule has 0 bridgehead atoms. The van der Waals surface area contributed by atoms with Crippen LogP contribution in [0, 0.1) is 0 Å². The number of carbonyl (C=O) groups is 1. The maximum absolute atomic E-state index is 10.9. The minimum absolute atomic E-state index is 0.0297. The average Bonchev–Trinajstić information content (AvgIpc) is 1.79. The average molecular weight is 175 g/mol. The van der Waals surface area contributed by atoms with E-state index in [1.165, 1.54) is 0 Å². The molecule has 1 atom stereocenters. The molecule has 0 rings (SSSR count). The summed E-state index contributed by atoms with van der Waals surface area (Å²) in [4.78, 5) is 10.9. The lowest BCUT2D eigenvalue weighted by Crippen LogP contribution is -2.41. The van der Waals surface area contributed by atoms with Crippen molar-refractivity contribution < 1.29 is 14.6 Å². The molecule has 0 aromatic heterocycles. The summed E-state index contributed by atoms with van der Waals surface area (Å²) in [6, 6.07) is 0. The van der Waals surface area contributed by atoms with Crippen molar-refractivity contribution in [3.05, 3.63) is 0 Å². The molecule has 4 nitrogen and oxygen atoms in total. The molecule has 0 aliphatic rings. The number of hydrogen-bond donors (Lipinski definition) is 2. The zero-order valence-electron chi connectivity index (χ0n) is 8.05. The molecular weight excluding hydrogens is 158 g/mol. The molecule has 0 spiro atoms. The molecular formula is C8H17NO3. The molecule has 0 aromatic carbocycles. The number of aliphatic hydroxyl groups is 1. The lowest BCUT2D eigenvalue weighted by atomic mass is 10.1. The number of ether oxygens (including phenoxy) is 1. The van der Waals surface area contributed by atoms with Gasteiger partial charge in [-0.1, -0.05) is 0 Å². The van der Waals surface area contributed by atoms with E-state index in [0.717, 1.165) is 0 Å². The van der Waals surface area contributed by atoms with Crippen LogP contribution in [-0.2, 0) is 4.74 Å². The summed E-state index contributed by atoms with van der Waals surface area (Å²) >= 11 is 0. The second kappa shape index (κ2) is 4.30. The van der Waals surface area contributed by atoms with E-state index < -0.39 is 12.2 Å². The van der Waals surface area contributed by atoms with Gasteiger partial charge in [0.05, 0.1) is 6.10 Å². The van der Waals surface area contributed by atoms with Crippen LogP contribution >= 0.6 is 0 Å². The fourth-order valence-electron chi connectivity index (χ4n) is 0.539. The van der Waals surface area contributed by atoms with Gasteiger partial charge >= 0.3 is 6.09 Å². The first-order valence-corrected chi connectivity index (χ1v) is 3.94. The monoisotopic (exact) mass is 175 g/mol. The topological polar surface area (TPSA) is 58.6 Å². The number of aliphatic hydroxyl groups excluding tert-OH is 1. The van der Waals surface area contributed by atoms with Crippen LogP contribution in [0.1, 0.15) is 27.7 Å². The summed E-state index contributed by atoms with van der Waals surface area (Å²) in [7, 11) is 0. The summed E-state index contributed by atoms with van der Waals surface area (Å²) in [6.45, 7) is 7.16. The Hall–Kier alpha value is -0.770. The van der Waals surface area contributed by atoms with Crippen LogP contribution in [0.15, 0.2) is 0 Å². The molecule has 1 amide bonds. The Morgan fingerprint density at radius 1 is 1.58 bits per heavy atom. The summed E-state index contributed by atoms with van der Waals surface area (Å²) in [6.07, 6.45) is -1.11. The third-order valence-corrected chi connectivity index (χ3v) is 0.933. The third-order valence-electron chi connectivity index (χ3n) is 0.933. The molecule has 0 saturated heterocycles. The Labute approximate surface area is 72.9 Å². The number of amides is 1. The van der Waals surface area contributed by atoms with Crippen LogP contribution in [-0.4, -0.2) is 29.4 Å². The zero-order valence-corrected chi connectivity index (χ0v) is 8.05. The smallest absolute Gasteiger partial charge is 0.407 e. The van der Waals surface area contributed by atoms with Crippen LogP contribution in [0.3, 0.4) is 0 Å². The molecule has 0 aliphatic carbocycles. The highest BCUT2D eigenvalue weighted by Crippen LogP contribution is 1.98. The molecule has 4 heteroatoms. The Bertz CT molecular complexity index is 149. The molecule has 2 N–H and O–H groups in total. The first kappa shape index (κ1) is 11.2. The third kappa shape index (κ3) is 7.34. The van der Waals surface area contributed by atoms with Crippen molar-refractivity contribution in [2.24, 2.45) is 0 Å². The molecule has 0 fully saturated rings. The van der Waals surface area contributed by atoms with Crippen LogP contribution in [0.4, 0.5) is 4.79 Å². The van der Waals surface area contributed by atoms with Crippen LogP contribution in [0.25, 0.3) is 0 Å². The van der Waals surface area contributed by atoms with E-state index in [1.54, 1.807) is 6.92 Å². The molecule has 0 saturated carbocycles. The standard InChI is InChI=1S/C8H17NO3/c1-6(10)5-12-7(11)9-8(2,3)4/h6,10H,5H2,1-4H3,(H,9,11)/t6-/m0/s1. The first-order chi connectivity index (χ1) is 5.31. The van der Waals surface area contributed by atoms with Crippen LogP contribution < -0.4 is 5.32 Å².